The second-order valence-electron chi connectivity index (χ2n) is 4.76. The molecule has 17 heavy (non-hydrogen) atoms. The van der Waals surface area contributed by atoms with Crippen LogP contribution in [-0.4, -0.2) is 47.5 Å². The summed E-state index contributed by atoms with van der Waals surface area (Å²) in [5, 5.41) is -0.153. The highest BCUT2D eigenvalue weighted by molar-refractivity contribution is 7.91. The smallest absolute Gasteiger partial charge is 0.150 e. The Kier molecular flexibility index (Phi) is 3.53. The zero-order valence-electron chi connectivity index (χ0n) is 10.3. The van der Waals surface area contributed by atoms with Gasteiger partial charge in [-0.3, -0.25) is 4.90 Å². The molecule has 1 aromatic rings. The Labute approximate surface area is 102 Å². The number of likely N-dealkylation sites (tertiary alicyclic amines) is 1. The molecule has 1 fully saturated rings. The summed E-state index contributed by atoms with van der Waals surface area (Å²) < 4.78 is 24.9. The summed E-state index contributed by atoms with van der Waals surface area (Å²) in [5.41, 5.74) is 0. The van der Waals surface area contributed by atoms with Crippen LogP contribution in [0.25, 0.3) is 0 Å². The molecule has 6 heteroatoms. The molecule has 0 aliphatic carbocycles. The zero-order valence-corrected chi connectivity index (χ0v) is 11.2. The lowest BCUT2D eigenvalue weighted by atomic mass is 10.1. The van der Waals surface area contributed by atoms with Gasteiger partial charge < -0.3 is 4.57 Å². The predicted octanol–water partition coefficient (Wildman–Crippen LogP) is 0.429. The van der Waals surface area contributed by atoms with Crippen LogP contribution in [0.1, 0.15) is 18.7 Å². The van der Waals surface area contributed by atoms with Crippen molar-refractivity contribution in [2.45, 2.75) is 24.6 Å². The molecule has 5 nitrogen and oxygen atoms in total. The monoisotopic (exact) mass is 257 g/mol. The maximum absolute atomic E-state index is 11.4. The van der Waals surface area contributed by atoms with Crippen molar-refractivity contribution in [1.29, 1.82) is 0 Å². The summed E-state index contributed by atoms with van der Waals surface area (Å²) in [4.78, 5) is 6.55. The molecule has 0 radical (unpaired) electrons. The van der Waals surface area contributed by atoms with Gasteiger partial charge in [-0.2, -0.15) is 0 Å². The van der Waals surface area contributed by atoms with Crippen molar-refractivity contribution in [2.24, 2.45) is 7.05 Å². The number of rotatable bonds is 3. The largest absolute Gasteiger partial charge is 0.337 e. The molecule has 0 atom stereocenters. The first-order chi connectivity index (χ1) is 7.97. The summed E-state index contributed by atoms with van der Waals surface area (Å²) in [6, 6.07) is 0. The number of imidazole rings is 1. The summed E-state index contributed by atoms with van der Waals surface area (Å²) in [6.07, 6.45) is 6.54. The average Bonchev–Trinajstić information content (AvgIpc) is 2.64. The van der Waals surface area contributed by atoms with Crippen LogP contribution in [0.5, 0.6) is 0 Å². The Morgan fingerprint density at radius 2 is 2.06 bits per heavy atom. The van der Waals surface area contributed by atoms with Gasteiger partial charge in [-0.1, -0.05) is 0 Å². The predicted molar refractivity (Wildman–Crippen MR) is 66.4 cm³/mol. The topological polar surface area (TPSA) is 55.2 Å². The van der Waals surface area contributed by atoms with Crippen LogP contribution in [-0.2, 0) is 23.4 Å². The van der Waals surface area contributed by atoms with Gasteiger partial charge in [0.25, 0.3) is 0 Å². The molecule has 96 valence electrons. The Morgan fingerprint density at radius 3 is 2.53 bits per heavy atom. The standard InChI is InChI=1S/C11H19N3O2S/c1-13-8-5-12-11(13)9-14-6-3-10(4-7-14)17(2,15)16/h5,8,10H,3-4,6-7,9H2,1-2H3. The van der Waals surface area contributed by atoms with Crippen LogP contribution in [0.2, 0.25) is 0 Å². The normalized spacial score (nSPS) is 19.6. The lowest BCUT2D eigenvalue weighted by Gasteiger charge is -2.30. The van der Waals surface area contributed by atoms with Crippen LogP contribution in [0.15, 0.2) is 12.4 Å². The maximum Gasteiger partial charge on any atom is 0.150 e. The molecule has 1 aliphatic rings. The Hall–Kier alpha value is -0.880. The molecule has 0 amide bonds. The Balaban J connectivity index is 1.90. The quantitative estimate of drug-likeness (QED) is 0.788. The highest BCUT2D eigenvalue weighted by Crippen LogP contribution is 2.18. The van der Waals surface area contributed by atoms with E-state index >= 15 is 0 Å². The summed E-state index contributed by atoms with van der Waals surface area (Å²) in [7, 11) is -0.889. The third kappa shape index (κ3) is 3.07. The van der Waals surface area contributed by atoms with Gasteiger partial charge in [0.1, 0.15) is 15.7 Å². The third-order valence-electron chi connectivity index (χ3n) is 3.43. The molecule has 2 rings (SSSR count). The lowest BCUT2D eigenvalue weighted by Crippen LogP contribution is -2.38. The molecule has 0 aromatic carbocycles. The van der Waals surface area contributed by atoms with Gasteiger partial charge >= 0.3 is 0 Å². The molecule has 0 bridgehead atoms. The van der Waals surface area contributed by atoms with E-state index in [-0.39, 0.29) is 5.25 Å². The van der Waals surface area contributed by atoms with Crippen molar-refractivity contribution in [1.82, 2.24) is 14.5 Å². The fourth-order valence-electron chi connectivity index (χ4n) is 2.24. The van der Waals surface area contributed by atoms with Gasteiger partial charge in [0.2, 0.25) is 0 Å². The van der Waals surface area contributed by atoms with Gasteiger partial charge in [0, 0.05) is 25.7 Å². The van der Waals surface area contributed by atoms with Crippen LogP contribution in [0.4, 0.5) is 0 Å². The fourth-order valence-corrected chi connectivity index (χ4v) is 3.31. The minimum atomic E-state index is -2.87. The van der Waals surface area contributed by atoms with E-state index in [1.165, 1.54) is 6.26 Å². The van der Waals surface area contributed by atoms with Crippen LogP contribution in [0, 0.1) is 0 Å². The van der Waals surface area contributed by atoms with E-state index in [0.29, 0.717) is 0 Å². The van der Waals surface area contributed by atoms with Crippen molar-refractivity contribution < 1.29 is 8.42 Å². The summed E-state index contributed by atoms with van der Waals surface area (Å²) in [6.45, 7) is 2.48. The Morgan fingerprint density at radius 1 is 1.41 bits per heavy atom. The molecule has 0 N–H and O–H groups in total. The first kappa shape index (κ1) is 12.6. The van der Waals surface area contributed by atoms with E-state index < -0.39 is 9.84 Å². The van der Waals surface area contributed by atoms with Gasteiger partial charge in [0.05, 0.1) is 11.8 Å². The molecule has 0 spiro atoms. The van der Waals surface area contributed by atoms with Gasteiger partial charge in [0.15, 0.2) is 0 Å². The second-order valence-corrected chi connectivity index (χ2v) is 7.09. The number of hydrogen-bond donors (Lipinski definition) is 0. The molecular weight excluding hydrogens is 238 g/mol. The molecule has 2 heterocycles. The highest BCUT2D eigenvalue weighted by atomic mass is 32.2. The highest BCUT2D eigenvalue weighted by Gasteiger charge is 2.26. The van der Waals surface area contributed by atoms with Crippen LogP contribution >= 0.6 is 0 Å². The number of aromatic nitrogens is 2. The van der Waals surface area contributed by atoms with E-state index in [9.17, 15) is 8.42 Å². The van der Waals surface area contributed by atoms with Crippen LogP contribution in [0.3, 0.4) is 0 Å². The summed E-state index contributed by atoms with van der Waals surface area (Å²) in [5.74, 6) is 1.03. The number of nitrogens with zero attached hydrogens (tertiary/aromatic N) is 3. The fraction of sp³-hybridized carbons (Fsp3) is 0.727. The van der Waals surface area contributed by atoms with Crippen molar-refractivity contribution >= 4 is 9.84 Å². The number of hydrogen-bond acceptors (Lipinski definition) is 4. The molecule has 0 unspecified atom stereocenters. The van der Waals surface area contributed by atoms with Crippen molar-refractivity contribution in [3.63, 3.8) is 0 Å². The molecule has 0 saturated carbocycles. The third-order valence-corrected chi connectivity index (χ3v) is 5.11. The van der Waals surface area contributed by atoms with Crippen molar-refractivity contribution in [3.8, 4) is 0 Å². The minimum absolute atomic E-state index is 0.153. The number of aryl methyl sites for hydroxylation is 1. The van der Waals surface area contributed by atoms with Gasteiger partial charge in [-0.15, -0.1) is 0 Å². The van der Waals surface area contributed by atoms with E-state index in [4.69, 9.17) is 0 Å². The number of sulfone groups is 1. The van der Waals surface area contributed by atoms with Gasteiger partial charge in [-0.05, 0) is 25.9 Å². The second kappa shape index (κ2) is 4.78. The molecule has 1 aromatic heterocycles. The van der Waals surface area contributed by atoms with Crippen molar-refractivity contribution in [2.75, 3.05) is 19.3 Å². The maximum atomic E-state index is 11.4. The van der Waals surface area contributed by atoms with Gasteiger partial charge in [-0.25, -0.2) is 13.4 Å². The molecule has 1 aliphatic heterocycles. The Bertz CT molecular complexity index is 473. The van der Waals surface area contributed by atoms with E-state index in [2.05, 4.69) is 9.88 Å². The van der Waals surface area contributed by atoms with E-state index in [0.717, 1.165) is 38.3 Å². The molecular formula is C11H19N3O2S. The summed E-state index contributed by atoms with van der Waals surface area (Å²) >= 11 is 0. The first-order valence-corrected chi connectivity index (χ1v) is 7.79. The SMILES string of the molecule is Cn1ccnc1CN1CCC(S(C)(=O)=O)CC1. The number of piperidine rings is 1. The molecule has 1 saturated heterocycles. The van der Waals surface area contributed by atoms with E-state index in [1.54, 1.807) is 6.20 Å². The van der Waals surface area contributed by atoms with E-state index in [1.807, 2.05) is 17.8 Å². The van der Waals surface area contributed by atoms with Crippen molar-refractivity contribution in [3.05, 3.63) is 18.2 Å². The average molecular weight is 257 g/mol. The lowest BCUT2D eigenvalue weighted by molar-refractivity contribution is 0.215. The van der Waals surface area contributed by atoms with Crippen LogP contribution < -0.4 is 0 Å². The zero-order chi connectivity index (χ0) is 12.5. The first-order valence-electron chi connectivity index (χ1n) is 5.84. The minimum Gasteiger partial charge on any atom is -0.337 e.